The molecule has 0 saturated heterocycles. The second-order valence-corrected chi connectivity index (χ2v) is 5.61. The second-order valence-electron chi connectivity index (χ2n) is 5.61. The first kappa shape index (κ1) is 12.0. The van der Waals surface area contributed by atoms with Crippen molar-refractivity contribution in [1.82, 2.24) is 5.32 Å². The van der Waals surface area contributed by atoms with Crippen LogP contribution in [0.15, 0.2) is 24.3 Å². The highest BCUT2D eigenvalue weighted by molar-refractivity contribution is 5.39. The van der Waals surface area contributed by atoms with E-state index in [1.807, 2.05) is 0 Å². The summed E-state index contributed by atoms with van der Waals surface area (Å²) in [5.41, 5.74) is 1.35. The van der Waals surface area contributed by atoms with Gasteiger partial charge in [0.05, 0.1) is 6.04 Å². The van der Waals surface area contributed by atoms with Gasteiger partial charge in [0.25, 0.3) is 0 Å². The van der Waals surface area contributed by atoms with Crippen molar-refractivity contribution >= 4 is 0 Å². The van der Waals surface area contributed by atoms with E-state index in [1.165, 1.54) is 50.5 Å². The number of para-hydroxylation sites is 1. The molecule has 0 bridgehead atoms. The van der Waals surface area contributed by atoms with Gasteiger partial charge in [0.15, 0.2) is 0 Å². The molecule has 0 spiro atoms. The molecule has 1 aliphatic heterocycles. The minimum absolute atomic E-state index is 0.408. The molecule has 1 aromatic rings. The zero-order valence-electron chi connectivity index (χ0n) is 11.0. The quantitative estimate of drug-likeness (QED) is 0.855. The lowest BCUT2D eigenvalue weighted by Crippen LogP contribution is -2.34. The average molecular weight is 245 g/mol. The Morgan fingerprint density at radius 2 is 1.67 bits per heavy atom. The van der Waals surface area contributed by atoms with Gasteiger partial charge in [-0.1, -0.05) is 50.3 Å². The highest BCUT2D eigenvalue weighted by Gasteiger charge is 2.25. The van der Waals surface area contributed by atoms with Crippen LogP contribution >= 0.6 is 0 Å². The third kappa shape index (κ3) is 2.69. The molecule has 1 aromatic carbocycles. The fourth-order valence-corrected chi connectivity index (χ4v) is 3.21. The van der Waals surface area contributed by atoms with Gasteiger partial charge < -0.3 is 10.1 Å². The summed E-state index contributed by atoms with van der Waals surface area (Å²) in [6.45, 7) is 0.801. The lowest BCUT2D eigenvalue weighted by atomic mass is 9.95. The molecule has 1 saturated carbocycles. The van der Waals surface area contributed by atoms with Gasteiger partial charge in [-0.05, 0) is 18.9 Å². The highest BCUT2D eigenvalue weighted by atomic mass is 16.5. The maximum atomic E-state index is 5.75. The summed E-state index contributed by atoms with van der Waals surface area (Å²) in [6.07, 6.45) is 9.69. The van der Waals surface area contributed by atoms with Crippen molar-refractivity contribution in [1.29, 1.82) is 0 Å². The van der Waals surface area contributed by atoms with Gasteiger partial charge in [-0.15, -0.1) is 0 Å². The molecule has 1 N–H and O–H groups in total. The van der Waals surface area contributed by atoms with Crippen LogP contribution in [0.4, 0.5) is 0 Å². The summed E-state index contributed by atoms with van der Waals surface area (Å²) < 4.78 is 5.75. The Hall–Kier alpha value is -1.02. The van der Waals surface area contributed by atoms with Crippen molar-refractivity contribution in [3.63, 3.8) is 0 Å². The molecule has 1 heterocycles. The third-order valence-electron chi connectivity index (χ3n) is 4.24. The van der Waals surface area contributed by atoms with Crippen LogP contribution in [-0.4, -0.2) is 12.6 Å². The Balaban J connectivity index is 1.62. The molecule has 0 aromatic heterocycles. The predicted molar refractivity (Wildman–Crippen MR) is 73.9 cm³/mol. The van der Waals surface area contributed by atoms with Gasteiger partial charge in [-0.2, -0.15) is 0 Å². The van der Waals surface area contributed by atoms with Crippen LogP contribution in [0.5, 0.6) is 5.75 Å². The summed E-state index contributed by atoms with van der Waals surface area (Å²) in [5.74, 6) is 1.07. The van der Waals surface area contributed by atoms with Crippen LogP contribution in [0.1, 0.15) is 56.6 Å². The Morgan fingerprint density at radius 3 is 2.50 bits per heavy atom. The lowest BCUT2D eigenvalue weighted by molar-refractivity contribution is 0.281. The van der Waals surface area contributed by atoms with Gasteiger partial charge >= 0.3 is 0 Å². The largest absolute Gasteiger partial charge is 0.491 e. The first-order valence-electron chi connectivity index (χ1n) is 7.41. The topological polar surface area (TPSA) is 21.3 Å². The number of hydrogen-bond acceptors (Lipinski definition) is 2. The maximum Gasteiger partial charge on any atom is 0.124 e. The number of nitrogens with one attached hydrogen (secondary N) is 1. The summed E-state index contributed by atoms with van der Waals surface area (Å²) in [5, 5.41) is 3.82. The smallest absolute Gasteiger partial charge is 0.124 e. The normalized spacial score (nSPS) is 25.0. The monoisotopic (exact) mass is 245 g/mol. The van der Waals surface area contributed by atoms with Crippen molar-refractivity contribution in [3.05, 3.63) is 29.8 Å². The number of rotatable bonds is 2. The fourth-order valence-electron chi connectivity index (χ4n) is 3.21. The molecule has 1 atom stereocenters. The molecule has 1 aliphatic carbocycles. The molecule has 1 unspecified atom stereocenters. The van der Waals surface area contributed by atoms with Gasteiger partial charge in [-0.3, -0.25) is 0 Å². The minimum atomic E-state index is 0.408. The van der Waals surface area contributed by atoms with E-state index < -0.39 is 0 Å². The Morgan fingerprint density at radius 1 is 0.944 bits per heavy atom. The van der Waals surface area contributed by atoms with E-state index in [0.29, 0.717) is 12.1 Å². The molecule has 0 amide bonds. The van der Waals surface area contributed by atoms with Crippen LogP contribution in [-0.2, 0) is 0 Å². The second kappa shape index (κ2) is 5.75. The molecule has 2 aliphatic rings. The van der Waals surface area contributed by atoms with Crippen molar-refractivity contribution < 1.29 is 4.74 Å². The Kier molecular flexibility index (Phi) is 3.84. The molecule has 0 radical (unpaired) electrons. The van der Waals surface area contributed by atoms with E-state index in [4.69, 9.17) is 4.74 Å². The van der Waals surface area contributed by atoms with E-state index in [-0.39, 0.29) is 0 Å². The predicted octanol–water partition coefficient (Wildman–Crippen LogP) is 3.82. The molecule has 98 valence electrons. The lowest BCUT2D eigenvalue weighted by Gasteiger charge is -2.24. The van der Waals surface area contributed by atoms with Crippen LogP contribution in [0.3, 0.4) is 0 Å². The molecule has 2 nitrogen and oxygen atoms in total. The average Bonchev–Trinajstić information content (AvgIpc) is 2.76. The molecule has 1 fully saturated rings. The van der Waals surface area contributed by atoms with Crippen molar-refractivity contribution in [2.24, 2.45) is 0 Å². The molecule has 2 heteroatoms. The van der Waals surface area contributed by atoms with Crippen LogP contribution < -0.4 is 10.1 Å². The van der Waals surface area contributed by atoms with Crippen LogP contribution in [0, 0.1) is 0 Å². The van der Waals surface area contributed by atoms with E-state index in [9.17, 15) is 0 Å². The fraction of sp³-hybridized carbons (Fsp3) is 0.625. The number of benzene rings is 1. The maximum absolute atomic E-state index is 5.75. The summed E-state index contributed by atoms with van der Waals surface area (Å²) in [7, 11) is 0. The van der Waals surface area contributed by atoms with Crippen LogP contribution in [0.2, 0.25) is 0 Å². The highest BCUT2D eigenvalue weighted by Crippen LogP contribution is 2.32. The third-order valence-corrected chi connectivity index (χ3v) is 4.24. The van der Waals surface area contributed by atoms with E-state index in [1.54, 1.807) is 0 Å². The van der Waals surface area contributed by atoms with E-state index in [2.05, 4.69) is 29.6 Å². The summed E-state index contributed by atoms with van der Waals surface area (Å²) >= 11 is 0. The van der Waals surface area contributed by atoms with Gasteiger partial charge in [0, 0.05) is 11.6 Å². The van der Waals surface area contributed by atoms with Gasteiger partial charge in [0.1, 0.15) is 12.4 Å². The summed E-state index contributed by atoms with van der Waals surface area (Å²) in [6, 6.07) is 9.53. The molecular weight excluding hydrogens is 222 g/mol. The van der Waals surface area contributed by atoms with Crippen molar-refractivity contribution in [2.75, 3.05) is 6.61 Å². The Bertz CT molecular complexity index is 382. The molecule has 3 rings (SSSR count). The number of ether oxygens (including phenoxy) is 1. The van der Waals surface area contributed by atoms with Gasteiger partial charge in [-0.25, -0.2) is 0 Å². The van der Waals surface area contributed by atoms with E-state index >= 15 is 0 Å². The van der Waals surface area contributed by atoms with Gasteiger partial charge in [0.2, 0.25) is 0 Å². The first-order chi connectivity index (χ1) is 8.93. The summed E-state index contributed by atoms with van der Waals surface area (Å²) in [4.78, 5) is 0. The zero-order valence-corrected chi connectivity index (χ0v) is 11.0. The molecular formula is C16H23NO. The number of fused-ring (bicyclic) bond motifs is 1. The van der Waals surface area contributed by atoms with Crippen molar-refractivity contribution in [3.8, 4) is 5.75 Å². The molecule has 18 heavy (non-hydrogen) atoms. The first-order valence-corrected chi connectivity index (χ1v) is 7.41. The standard InChI is InChI=1S/C16H23NO/c1-2-4-8-13(9-5-3-1)17-15-12-18-16-11-7-6-10-14(15)16/h6-7,10-11,13,15,17H,1-5,8-9,12H2. The SMILES string of the molecule is c1ccc2c(c1)OCC2NC1CCCCCCC1. The van der Waals surface area contributed by atoms with E-state index in [0.717, 1.165) is 12.4 Å². The van der Waals surface area contributed by atoms with Crippen molar-refractivity contribution in [2.45, 2.75) is 57.0 Å². The zero-order chi connectivity index (χ0) is 12.2. The number of hydrogen-bond donors (Lipinski definition) is 1. The van der Waals surface area contributed by atoms with Crippen LogP contribution in [0.25, 0.3) is 0 Å². The minimum Gasteiger partial charge on any atom is -0.491 e. The Labute approximate surface area is 110 Å².